The quantitative estimate of drug-likeness (QED) is 0.590. The van der Waals surface area contributed by atoms with Crippen LogP contribution < -0.4 is 9.64 Å². The summed E-state index contributed by atoms with van der Waals surface area (Å²) in [6.07, 6.45) is 9.03. The molecule has 5 heteroatoms. The highest BCUT2D eigenvalue weighted by atomic mass is 16.5. The highest BCUT2D eigenvalue weighted by molar-refractivity contribution is 6.27. The van der Waals surface area contributed by atoms with Crippen LogP contribution in [0.4, 0.5) is 11.4 Å². The van der Waals surface area contributed by atoms with Crippen LogP contribution >= 0.6 is 0 Å². The fraction of sp³-hybridized carbons (Fsp3) is 0.500. The smallest absolute Gasteiger partial charge is 0.240 e. The lowest BCUT2D eigenvalue weighted by atomic mass is 9.69. The largest absolute Gasteiger partial charge is 0.497 e. The molecule has 3 fully saturated rings. The second-order valence-electron chi connectivity index (χ2n) is 9.86. The molecule has 2 saturated heterocycles. The average Bonchev–Trinajstić information content (AvgIpc) is 3.08. The molecule has 0 aromatic heterocycles. The van der Waals surface area contributed by atoms with Crippen LogP contribution in [0, 0.1) is 12.3 Å². The van der Waals surface area contributed by atoms with Crippen molar-refractivity contribution in [3.63, 3.8) is 0 Å². The Hall–Kier alpha value is -2.66. The van der Waals surface area contributed by atoms with Crippen LogP contribution in [0.2, 0.25) is 0 Å². The van der Waals surface area contributed by atoms with Crippen LogP contribution in [0.1, 0.15) is 56.9 Å². The Morgan fingerprint density at radius 1 is 0.879 bits per heavy atom. The zero-order valence-corrected chi connectivity index (χ0v) is 19.9. The zero-order valence-electron chi connectivity index (χ0n) is 19.9. The van der Waals surface area contributed by atoms with Gasteiger partial charge < -0.3 is 4.74 Å². The fourth-order valence-electron chi connectivity index (χ4n) is 6.02. The summed E-state index contributed by atoms with van der Waals surface area (Å²) in [6, 6.07) is 16.2. The Labute approximate surface area is 197 Å². The number of rotatable bonds is 4. The highest BCUT2D eigenvalue weighted by Crippen LogP contribution is 2.50. The first kappa shape index (κ1) is 22.1. The summed E-state index contributed by atoms with van der Waals surface area (Å²) >= 11 is 0. The summed E-state index contributed by atoms with van der Waals surface area (Å²) in [4.78, 5) is 24.0. The number of aliphatic imine (C=N–C) groups is 1. The van der Waals surface area contributed by atoms with E-state index in [9.17, 15) is 4.79 Å². The van der Waals surface area contributed by atoms with E-state index in [2.05, 4.69) is 36.1 Å². The number of anilines is 1. The molecule has 1 atom stereocenters. The van der Waals surface area contributed by atoms with Gasteiger partial charge in [0, 0.05) is 0 Å². The maximum absolute atomic E-state index is 14.3. The predicted octanol–water partition coefficient (Wildman–Crippen LogP) is 5.89. The predicted molar refractivity (Wildman–Crippen MR) is 133 cm³/mol. The summed E-state index contributed by atoms with van der Waals surface area (Å²) in [5, 5.41) is 0. The van der Waals surface area contributed by atoms with E-state index in [4.69, 9.17) is 9.73 Å². The van der Waals surface area contributed by atoms with Crippen molar-refractivity contribution >= 4 is 23.1 Å². The van der Waals surface area contributed by atoms with Crippen LogP contribution in [0.25, 0.3) is 0 Å². The summed E-state index contributed by atoms with van der Waals surface area (Å²) in [5.41, 5.74) is 2.62. The van der Waals surface area contributed by atoms with E-state index in [0.717, 1.165) is 61.7 Å². The van der Waals surface area contributed by atoms with Gasteiger partial charge in [0.25, 0.3) is 0 Å². The number of hydrogen-bond donors (Lipinski definition) is 0. The Morgan fingerprint density at radius 3 is 2.15 bits per heavy atom. The van der Waals surface area contributed by atoms with Gasteiger partial charge >= 0.3 is 0 Å². The molecule has 0 unspecified atom stereocenters. The van der Waals surface area contributed by atoms with E-state index < -0.39 is 0 Å². The summed E-state index contributed by atoms with van der Waals surface area (Å²) in [6.45, 7) is 4.17. The van der Waals surface area contributed by atoms with E-state index in [-0.39, 0.29) is 17.4 Å². The van der Waals surface area contributed by atoms with E-state index in [1.807, 2.05) is 29.2 Å². The lowest BCUT2D eigenvalue weighted by Gasteiger charge is -2.42. The normalized spacial score (nSPS) is 24.5. The molecular formula is C28H35N3O2. The SMILES string of the molecule is COc1ccc(N=C2[C@@H](N3CCCCC3)C3(CCCCC3)C(=O)N2c2ccc(C)cc2)cc1. The van der Waals surface area contributed by atoms with Gasteiger partial charge in [0.05, 0.1) is 29.9 Å². The van der Waals surface area contributed by atoms with Gasteiger partial charge in [-0.2, -0.15) is 0 Å². The number of amides is 1. The fourth-order valence-corrected chi connectivity index (χ4v) is 6.02. The highest BCUT2D eigenvalue weighted by Gasteiger charge is 2.60. The van der Waals surface area contributed by atoms with Gasteiger partial charge in [-0.15, -0.1) is 0 Å². The summed E-state index contributed by atoms with van der Waals surface area (Å²) < 4.78 is 5.34. The number of piperidine rings is 1. The molecule has 2 heterocycles. The standard InChI is InChI=1S/C28H35N3O2/c1-21-9-13-23(14-10-21)31-26(29-22-11-15-24(33-2)16-12-22)25(30-19-7-4-8-20-30)28(27(31)32)17-5-3-6-18-28/h9-16,25H,3-8,17-20H2,1-2H3/t25-/m1/s1. The third-order valence-electron chi connectivity index (χ3n) is 7.74. The van der Waals surface area contributed by atoms with Gasteiger partial charge in [-0.3, -0.25) is 14.6 Å². The Kier molecular flexibility index (Phi) is 6.24. The molecule has 2 aromatic carbocycles. The van der Waals surface area contributed by atoms with Crippen LogP contribution in [0.15, 0.2) is 53.5 Å². The molecule has 0 radical (unpaired) electrons. The minimum Gasteiger partial charge on any atom is -0.497 e. The van der Waals surface area contributed by atoms with Gasteiger partial charge in [-0.05, 0) is 82.1 Å². The van der Waals surface area contributed by atoms with Gasteiger partial charge in [0.1, 0.15) is 11.6 Å². The van der Waals surface area contributed by atoms with Crippen molar-refractivity contribution in [1.82, 2.24) is 4.90 Å². The first-order valence-corrected chi connectivity index (χ1v) is 12.5. The molecule has 1 saturated carbocycles. The molecule has 5 nitrogen and oxygen atoms in total. The minimum absolute atomic E-state index is 0.0361. The lowest BCUT2D eigenvalue weighted by Crippen LogP contribution is -2.52. The van der Waals surface area contributed by atoms with Gasteiger partial charge in [-0.25, -0.2) is 4.99 Å². The maximum atomic E-state index is 14.3. The number of amidine groups is 1. The Balaban J connectivity index is 1.66. The number of nitrogens with zero attached hydrogens (tertiary/aromatic N) is 3. The molecule has 2 aromatic rings. The zero-order chi connectivity index (χ0) is 22.8. The second-order valence-corrected chi connectivity index (χ2v) is 9.86. The molecule has 0 bridgehead atoms. The van der Waals surface area contributed by atoms with Crippen molar-refractivity contribution in [1.29, 1.82) is 0 Å². The number of hydrogen-bond acceptors (Lipinski definition) is 4. The molecule has 1 amide bonds. The van der Waals surface area contributed by atoms with E-state index >= 15 is 0 Å². The van der Waals surface area contributed by atoms with Gasteiger partial charge in [0.15, 0.2) is 0 Å². The molecule has 2 aliphatic heterocycles. The minimum atomic E-state index is -0.369. The number of ether oxygens (including phenoxy) is 1. The number of carbonyl (C=O) groups is 1. The molecule has 0 N–H and O–H groups in total. The second kappa shape index (κ2) is 9.30. The first-order chi connectivity index (χ1) is 16.1. The molecule has 1 aliphatic carbocycles. The number of benzene rings is 2. The van der Waals surface area contributed by atoms with E-state index in [1.54, 1.807) is 7.11 Å². The molecule has 3 aliphatic rings. The topological polar surface area (TPSA) is 45.1 Å². The Morgan fingerprint density at radius 2 is 1.52 bits per heavy atom. The third-order valence-corrected chi connectivity index (χ3v) is 7.74. The van der Waals surface area contributed by atoms with Crippen LogP contribution in [-0.2, 0) is 4.79 Å². The number of likely N-dealkylation sites (tertiary alicyclic amines) is 1. The van der Waals surface area contributed by atoms with Crippen molar-refractivity contribution in [2.24, 2.45) is 10.4 Å². The van der Waals surface area contributed by atoms with E-state index in [0.29, 0.717) is 0 Å². The summed E-state index contributed by atoms with van der Waals surface area (Å²) in [7, 11) is 1.68. The van der Waals surface area contributed by atoms with Crippen molar-refractivity contribution in [3.05, 3.63) is 54.1 Å². The van der Waals surface area contributed by atoms with Gasteiger partial charge in [-0.1, -0.05) is 43.4 Å². The first-order valence-electron chi connectivity index (χ1n) is 12.5. The van der Waals surface area contributed by atoms with Crippen molar-refractivity contribution in [2.45, 2.75) is 64.3 Å². The maximum Gasteiger partial charge on any atom is 0.240 e. The van der Waals surface area contributed by atoms with Crippen molar-refractivity contribution in [3.8, 4) is 5.75 Å². The number of carbonyl (C=O) groups excluding carboxylic acids is 1. The number of aryl methyl sites for hydroxylation is 1. The van der Waals surface area contributed by atoms with Gasteiger partial charge in [0.2, 0.25) is 5.91 Å². The van der Waals surface area contributed by atoms with Crippen LogP contribution in [-0.4, -0.2) is 42.9 Å². The van der Waals surface area contributed by atoms with E-state index in [1.165, 1.54) is 31.2 Å². The molecule has 5 rings (SSSR count). The summed E-state index contributed by atoms with van der Waals surface area (Å²) in [5.74, 6) is 1.96. The number of methoxy groups -OCH3 is 1. The molecular weight excluding hydrogens is 410 g/mol. The van der Waals surface area contributed by atoms with Crippen molar-refractivity contribution in [2.75, 3.05) is 25.1 Å². The average molecular weight is 446 g/mol. The third kappa shape index (κ3) is 4.08. The monoisotopic (exact) mass is 445 g/mol. The molecule has 33 heavy (non-hydrogen) atoms. The van der Waals surface area contributed by atoms with Crippen LogP contribution in [0.5, 0.6) is 5.75 Å². The van der Waals surface area contributed by atoms with Crippen LogP contribution in [0.3, 0.4) is 0 Å². The Bertz CT molecular complexity index is 1000. The lowest BCUT2D eigenvalue weighted by molar-refractivity contribution is -0.130. The van der Waals surface area contributed by atoms with Crippen molar-refractivity contribution < 1.29 is 9.53 Å². The molecule has 1 spiro atoms. The molecule has 174 valence electrons.